The predicted molar refractivity (Wildman–Crippen MR) is 157 cm³/mol. The summed E-state index contributed by atoms with van der Waals surface area (Å²) in [5, 5.41) is 20.0. The van der Waals surface area contributed by atoms with Crippen molar-refractivity contribution in [1.82, 2.24) is 15.1 Å². The second-order valence-corrected chi connectivity index (χ2v) is 10.1. The minimum absolute atomic E-state index is 0.179. The molecule has 1 heterocycles. The van der Waals surface area contributed by atoms with Crippen LogP contribution in [-0.4, -0.2) is 26.8 Å². The number of hydrogen-bond donors (Lipinski definition) is 2. The molecule has 0 aliphatic carbocycles. The zero-order chi connectivity index (χ0) is 28.5. The molecule has 0 saturated heterocycles. The summed E-state index contributed by atoms with van der Waals surface area (Å²) in [6.07, 6.45) is 1.74. The van der Waals surface area contributed by atoms with Gasteiger partial charge in [-0.25, -0.2) is 9.18 Å². The number of aromatic carboxylic acids is 1. The van der Waals surface area contributed by atoms with Gasteiger partial charge in [0.25, 0.3) is 5.91 Å². The molecule has 6 aromatic rings. The number of carbonyl (C=O) groups is 2. The maximum absolute atomic E-state index is 13.8. The number of hydrogen-bond acceptors (Lipinski definition) is 3. The SMILES string of the molecule is C[C@H](NC(=O)c1cc(-c2ccc(F)cc2)cc2cnn(Cc3ccc4ccccc4c3)c12)c1ccc(C(=O)O)cc1. The molecule has 1 amide bonds. The van der Waals surface area contributed by atoms with Gasteiger partial charge in [0, 0.05) is 5.39 Å². The number of fused-ring (bicyclic) bond motifs is 2. The van der Waals surface area contributed by atoms with Crippen LogP contribution >= 0.6 is 0 Å². The average molecular weight is 544 g/mol. The van der Waals surface area contributed by atoms with Gasteiger partial charge < -0.3 is 10.4 Å². The molecule has 0 aliphatic heterocycles. The lowest BCUT2D eigenvalue weighted by molar-refractivity contribution is 0.0696. The molecule has 1 aromatic heterocycles. The minimum atomic E-state index is -1.01. The monoisotopic (exact) mass is 543 g/mol. The van der Waals surface area contributed by atoms with Crippen LogP contribution in [0.25, 0.3) is 32.8 Å². The highest BCUT2D eigenvalue weighted by atomic mass is 19.1. The topological polar surface area (TPSA) is 84.2 Å². The van der Waals surface area contributed by atoms with E-state index in [4.69, 9.17) is 0 Å². The summed E-state index contributed by atoms with van der Waals surface area (Å²) in [5.74, 6) is -1.64. The molecular weight excluding hydrogens is 517 g/mol. The van der Waals surface area contributed by atoms with Crippen molar-refractivity contribution in [2.24, 2.45) is 0 Å². The maximum atomic E-state index is 13.8. The molecule has 0 radical (unpaired) electrons. The van der Waals surface area contributed by atoms with E-state index in [-0.39, 0.29) is 23.3 Å². The Balaban J connectivity index is 1.39. The average Bonchev–Trinajstić information content (AvgIpc) is 3.39. The van der Waals surface area contributed by atoms with Gasteiger partial charge in [-0.15, -0.1) is 0 Å². The highest BCUT2D eigenvalue weighted by Gasteiger charge is 2.20. The van der Waals surface area contributed by atoms with Crippen LogP contribution < -0.4 is 5.32 Å². The van der Waals surface area contributed by atoms with Crippen molar-refractivity contribution in [1.29, 1.82) is 0 Å². The van der Waals surface area contributed by atoms with Crippen LogP contribution in [0.5, 0.6) is 0 Å². The summed E-state index contributed by atoms with van der Waals surface area (Å²) in [6.45, 7) is 2.32. The van der Waals surface area contributed by atoms with Crippen LogP contribution in [0.2, 0.25) is 0 Å². The van der Waals surface area contributed by atoms with Crippen LogP contribution in [0, 0.1) is 5.82 Å². The van der Waals surface area contributed by atoms with Gasteiger partial charge in [0.2, 0.25) is 0 Å². The van der Waals surface area contributed by atoms with E-state index in [9.17, 15) is 19.1 Å². The number of nitrogens with zero attached hydrogens (tertiary/aromatic N) is 2. The third-order valence-corrected chi connectivity index (χ3v) is 7.31. The fraction of sp³-hybridized carbons (Fsp3) is 0.0882. The zero-order valence-corrected chi connectivity index (χ0v) is 22.2. The Hall–Kier alpha value is -5.30. The van der Waals surface area contributed by atoms with Gasteiger partial charge in [0.05, 0.1) is 35.4 Å². The second-order valence-electron chi connectivity index (χ2n) is 10.1. The molecule has 6 nitrogen and oxygen atoms in total. The van der Waals surface area contributed by atoms with Crippen molar-refractivity contribution >= 4 is 33.6 Å². The Morgan fingerprint density at radius 3 is 2.32 bits per heavy atom. The number of benzene rings is 5. The molecule has 0 fully saturated rings. The van der Waals surface area contributed by atoms with Gasteiger partial charge in [0.15, 0.2) is 0 Å². The molecule has 5 aromatic carbocycles. The number of halogens is 1. The van der Waals surface area contributed by atoms with E-state index >= 15 is 0 Å². The first-order valence-electron chi connectivity index (χ1n) is 13.2. The fourth-order valence-corrected chi connectivity index (χ4v) is 5.12. The second kappa shape index (κ2) is 10.7. The van der Waals surface area contributed by atoms with Crippen molar-refractivity contribution in [2.75, 3.05) is 0 Å². The molecular formula is C34H26FN3O3. The first-order chi connectivity index (χ1) is 19.9. The van der Waals surface area contributed by atoms with Crippen molar-refractivity contribution in [3.8, 4) is 11.1 Å². The number of carboxylic acids is 1. The Kier molecular flexibility index (Phi) is 6.77. The van der Waals surface area contributed by atoms with Crippen molar-refractivity contribution in [2.45, 2.75) is 19.5 Å². The van der Waals surface area contributed by atoms with E-state index in [0.29, 0.717) is 17.6 Å². The first-order valence-corrected chi connectivity index (χ1v) is 13.2. The Labute approximate surface area is 235 Å². The molecule has 0 saturated carbocycles. The molecule has 0 bridgehead atoms. The van der Waals surface area contributed by atoms with Crippen LogP contribution in [0.4, 0.5) is 4.39 Å². The number of aromatic nitrogens is 2. The van der Waals surface area contributed by atoms with E-state index in [1.165, 1.54) is 24.3 Å². The van der Waals surface area contributed by atoms with Crippen molar-refractivity contribution in [3.63, 3.8) is 0 Å². The van der Waals surface area contributed by atoms with Crippen molar-refractivity contribution < 1.29 is 19.1 Å². The van der Waals surface area contributed by atoms with Crippen molar-refractivity contribution in [3.05, 3.63) is 137 Å². The number of carboxylic acid groups (broad SMARTS) is 1. The van der Waals surface area contributed by atoms with E-state index in [1.807, 2.05) is 35.9 Å². The van der Waals surface area contributed by atoms with E-state index in [2.05, 4.69) is 40.7 Å². The standard InChI is InChI=1S/C34H26FN3O3/c1-21(23-8-10-26(11-9-23)34(40)41)37-33(39)31-18-28(25-12-14-30(35)15-13-25)17-29-19-36-38(32(29)31)20-22-6-7-24-4-2-3-5-27(24)16-22/h2-19,21H,20H2,1H3,(H,37,39)(H,40,41)/t21-/m0/s1. The zero-order valence-electron chi connectivity index (χ0n) is 22.2. The molecule has 2 N–H and O–H groups in total. The number of rotatable bonds is 7. The minimum Gasteiger partial charge on any atom is -0.478 e. The van der Waals surface area contributed by atoms with Crippen LogP contribution in [0.3, 0.4) is 0 Å². The number of carbonyl (C=O) groups excluding carboxylic acids is 1. The van der Waals surface area contributed by atoms with Gasteiger partial charge in [-0.1, -0.05) is 60.7 Å². The van der Waals surface area contributed by atoms with Gasteiger partial charge in [-0.2, -0.15) is 5.10 Å². The lowest BCUT2D eigenvalue weighted by Gasteiger charge is -2.17. The molecule has 6 rings (SSSR count). The quantitative estimate of drug-likeness (QED) is 0.222. The van der Waals surface area contributed by atoms with Gasteiger partial charge in [-0.3, -0.25) is 9.48 Å². The Bertz CT molecular complexity index is 1910. The molecule has 7 heteroatoms. The van der Waals surface area contributed by atoms with Crippen LogP contribution in [-0.2, 0) is 6.54 Å². The largest absolute Gasteiger partial charge is 0.478 e. The molecule has 1 atom stereocenters. The molecule has 0 spiro atoms. The molecule has 202 valence electrons. The van der Waals surface area contributed by atoms with E-state index < -0.39 is 5.97 Å². The number of nitrogens with one attached hydrogen (secondary N) is 1. The summed E-state index contributed by atoms with van der Waals surface area (Å²) in [5.41, 5.74) is 4.68. The molecule has 41 heavy (non-hydrogen) atoms. The Morgan fingerprint density at radius 1 is 0.854 bits per heavy atom. The summed E-state index contributed by atoms with van der Waals surface area (Å²) >= 11 is 0. The van der Waals surface area contributed by atoms with Gasteiger partial charge >= 0.3 is 5.97 Å². The summed E-state index contributed by atoms with van der Waals surface area (Å²) in [7, 11) is 0. The Morgan fingerprint density at radius 2 is 1.59 bits per heavy atom. The predicted octanol–water partition coefficient (Wildman–Crippen LogP) is 7.23. The highest BCUT2D eigenvalue weighted by molar-refractivity contribution is 6.07. The summed E-state index contributed by atoms with van der Waals surface area (Å²) < 4.78 is 15.5. The smallest absolute Gasteiger partial charge is 0.335 e. The maximum Gasteiger partial charge on any atom is 0.335 e. The van der Waals surface area contributed by atoms with E-state index in [0.717, 1.165) is 38.4 Å². The van der Waals surface area contributed by atoms with E-state index in [1.54, 1.807) is 30.5 Å². The lowest BCUT2D eigenvalue weighted by atomic mass is 9.99. The van der Waals surface area contributed by atoms with Gasteiger partial charge in [-0.05, 0) is 82.4 Å². The fourth-order valence-electron chi connectivity index (χ4n) is 5.12. The first kappa shape index (κ1) is 26.0. The van der Waals surface area contributed by atoms with Crippen LogP contribution in [0.1, 0.15) is 44.8 Å². The normalized spacial score (nSPS) is 12.0. The molecule has 0 aliphatic rings. The summed E-state index contributed by atoms with van der Waals surface area (Å²) in [6, 6.07) is 30.4. The number of amides is 1. The molecule has 0 unspecified atom stereocenters. The third-order valence-electron chi connectivity index (χ3n) is 7.31. The lowest BCUT2D eigenvalue weighted by Crippen LogP contribution is -2.27. The summed E-state index contributed by atoms with van der Waals surface area (Å²) in [4.78, 5) is 25.1. The van der Waals surface area contributed by atoms with Gasteiger partial charge in [0.1, 0.15) is 5.82 Å². The third kappa shape index (κ3) is 5.30. The highest BCUT2D eigenvalue weighted by Crippen LogP contribution is 2.30. The van der Waals surface area contributed by atoms with Crippen LogP contribution in [0.15, 0.2) is 109 Å².